The van der Waals surface area contributed by atoms with Gasteiger partial charge < -0.3 is 4.57 Å². The highest BCUT2D eigenvalue weighted by atomic mass is 32.1. The molecule has 0 radical (unpaired) electrons. The molecule has 2 amide bonds. The van der Waals surface area contributed by atoms with Crippen molar-refractivity contribution in [3.8, 4) is 0 Å². The summed E-state index contributed by atoms with van der Waals surface area (Å²) < 4.78 is 16.2. The lowest BCUT2D eigenvalue weighted by atomic mass is 10.1. The lowest BCUT2D eigenvalue weighted by Crippen LogP contribution is -2.54. The van der Waals surface area contributed by atoms with E-state index in [9.17, 15) is 14.0 Å². The minimum atomic E-state index is -0.550. The summed E-state index contributed by atoms with van der Waals surface area (Å²) >= 11 is 5.31. The van der Waals surface area contributed by atoms with Crippen molar-refractivity contribution in [2.45, 2.75) is 13.5 Å². The number of nitrogens with one attached hydrogen (secondary N) is 1. The van der Waals surface area contributed by atoms with Crippen molar-refractivity contribution >= 4 is 51.8 Å². The van der Waals surface area contributed by atoms with Crippen molar-refractivity contribution < 1.29 is 14.0 Å². The number of aromatic nitrogens is 1. The number of benzene rings is 3. The number of para-hydroxylation sites is 2. The molecule has 34 heavy (non-hydrogen) atoms. The number of hydrogen-bond donors (Lipinski definition) is 1. The van der Waals surface area contributed by atoms with E-state index in [1.165, 1.54) is 11.0 Å². The molecule has 0 aliphatic carbocycles. The summed E-state index contributed by atoms with van der Waals surface area (Å²) in [6, 6.07) is 21.6. The van der Waals surface area contributed by atoms with Gasteiger partial charge in [-0.2, -0.15) is 0 Å². The van der Waals surface area contributed by atoms with Crippen molar-refractivity contribution in [1.29, 1.82) is 0 Å². The van der Waals surface area contributed by atoms with Gasteiger partial charge in [0.25, 0.3) is 11.8 Å². The van der Waals surface area contributed by atoms with Gasteiger partial charge in [-0.15, -0.1) is 0 Å². The van der Waals surface area contributed by atoms with Crippen LogP contribution in [0.15, 0.2) is 84.6 Å². The third-order valence-electron chi connectivity index (χ3n) is 5.88. The number of carbonyl (C=O) groups excluding carboxylic acids is 2. The Bertz CT molecular complexity index is 1500. The molecule has 3 aromatic carbocycles. The molecule has 0 bridgehead atoms. The first-order valence-electron chi connectivity index (χ1n) is 10.7. The maximum Gasteiger partial charge on any atom is 0.270 e. The summed E-state index contributed by atoms with van der Waals surface area (Å²) in [4.78, 5) is 27.6. The van der Waals surface area contributed by atoms with E-state index >= 15 is 0 Å². The predicted octanol–water partition coefficient (Wildman–Crippen LogP) is 4.97. The highest BCUT2D eigenvalue weighted by Crippen LogP contribution is 2.28. The van der Waals surface area contributed by atoms with Crippen LogP contribution in [0.5, 0.6) is 0 Å². The number of hydrogen-bond acceptors (Lipinski definition) is 3. The first kappa shape index (κ1) is 21.7. The van der Waals surface area contributed by atoms with Crippen LogP contribution in [-0.4, -0.2) is 21.5 Å². The second-order valence-corrected chi connectivity index (χ2v) is 8.45. The maximum atomic E-state index is 14.3. The molecule has 2 heterocycles. The summed E-state index contributed by atoms with van der Waals surface area (Å²) in [7, 11) is 0. The first-order chi connectivity index (χ1) is 16.4. The van der Waals surface area contributed by atoms with E-state index in [0.29, 0.717) is 23.4 Å². The minimum Gasteiger partial charge on any atom is -0.342 e. The van der Waals surface area contributed by atoms with Gasteiger partial charge in [-0.05, 0) is 49.0 Å². The second-order valence-electron chi connectivity index (χ2n) is 8.07. The van der Waals surface area contributed by atoms with Gasteiger partial charge >= 0.3 is 0 Å². The lowest BCUT2D eigenvalue weighted by Gasteiger charge is -2.29. The maximum absolute atomic E-state index is 14.3. The Morgan fingerprint density at radius 2 is 1.68 bits per heavy atom. The number of aryl methyl sites for hydroxylation is 1. The third-order valence-corrected chi connectivity index (χ3v) is 6.16. The van der Waals surface area contributed by atoms with E-state index in [1.807, 2.05) is 60.2 Å². The molecular weight excluding hydrogens is 449 g/mol. The van der Waals surface area contributed by atoms with Crippen molar-refractivity contribution in [3.05, 3.63) is 107 Å². The lowest BCUT2D eigenvalue weighted by molar-refractivity contribution is -0.122. The molecule has 1 aliphatic heterocycles. The Kier molecular flexibility index (Phi) is 5.55. The third kappa shape index (κ3) is 3.80. The highest BCUT2D eigenvalue weighted by Gasteiger charge is 2.35. The van der Waals surface area contributed by atoms with E-state index in [-0.39, 0.29) is 16.5 Å². The van der Waals surface area contributed by atoms with Crippen LogP contribution in [0.4, 0.5) is 10.1 Å². The van der Waals surface area contributed by atoms with Crippen LogP contribution in [0.1, 0.15) is 16.7 Å². The molecule has 1 saturated heterocycles. The zero-order chi connectivity index (χ0) is 23.8. The molecule has 1 fully saturated rings. The summed E-state index contributed by atoms with van der Waals surface area (Å²) in [6.45, 7) is 2.19. The molecular formula is C27H20FN3O2S. The largest absolute Gasteiger partial charge is 0.342 e. The molecule has 1 N–H and O–H groups in total. The average Bonchev–Trinajstić information content (AvgIpc) is 3.16. The second kappa shape index (κ2) is 8.68. The Labute approximate surface area is 201 Å². The molecule has 4 aromatic rings. The number of nitrogens with zero attached hydrogens (tertiary/aromatic N) is 2. The minimum absolute atomic E-state index is 0.0225. The van der Waals surface area contributed by atoms with E-state index in [0.717, 1.165) is 16.5 Å². The Morgan fingerprint density at radius 1 is 0.971 bits per heavy atom. The molecule has 0 atom stereocenters. The van der Waals surface area contributed by atoms with Gasteiger partial charge in [0, 0.05) is 28.2 Å². The average molecular weight is 470 g/mol. The monoisotopic (exact) mass is 469 g/mol. The highest BCUT2D eigenvalue weighted by molar-refractivity contribution is 7.80. The van der Waals surface area contributed by atoms with Crippen molar-refractivity contribution in [1.82, 2.24) is 9.88 Å². The van der Waals surface area contributed by atoms with Crippen LogP contribution < -0.4 is 10.2 Å². The fraction of sp³-hybridized carbons (Fsp3) is 0.0741. The van der Waals surface area contributed by atoms with Gasteiger partial charge in [-0.25, -0.2) is 4.39 Å². The van der Waals surface area contributed by atoms with Crippen LogP contribution in [-0.2, 0) is 16.1 Å². The standard InChI is InChI=1S/C27H20FN3O2S/c1-17-8-2-6-12-23(17)31-26(33)21(25(32)29-27(31)34)14-19-16-30(24-13-7-4-10-20(19)24)15-18-9-3-5-11-22(18)28/h2-14,16H,15H2,1H3,(H,29,32,34)/b21-14+. The van der Waals surface area contributed by atoms with Gasteiger partial charge in [0.2, 0.25) is 0 Å². The molecule has 5 nitrogen and oxygen atoms in total. The van der Waals surface area contributed by atoms with Gasteiger partial charge in [0.1, 0.15) is 11.4 Å². The molecule has 168 valence electrons. The zero-order valence-electron chi connectivity index (χ0n) is 18.3. The fourth-order valence-corrected chi connectivity index (χ4v) is 4.45. The summed E-state index contributed by atoms with van der Waals surface area (Å²) in [6.07, 6.45) is 3.40. The fourth-order valence-electron chi connectivity index (χ4n) is 4.18. The smallest absolute Gasteiger partial charge is 0.270 e. The first-order valence-corrected chi connectivity index (χ1v) is 11.1. The van der Waals surface area contributed by atoms with Gasteiger partial charge in [0.15, 0.2) is 5.11 Å². The number of rotatable bonds is 4. The molecule has 5 rings (SSSR count). The van der Waals surface area contributed by atoms with Crippen LogP contribution in [0.25, 0.3) is 17.0 Å². The number of anilines is 1. The normalized spacial score (nSPS) is 15.3. The van der Waals surface area contributed by atoms with E-state index in [1.54, 1.807) is 30.3 Å². The number of amides is 2. The number of fused-ring (bicyclic) bond motifs is 1. The van der Waals surface area contributed by atoms with Crippen molar-refractivity contribution in [3.63, 3.8) is 0 Å². The predicted molar refractivity (Wildman–Crippen MR) is 135 cm³/mol. The molecule has 0 spiro atoms. The Hall–Kier alpha value is -4.10. The summed E-state index contributed by atoms with van der Waals surface area (Å²) in [5.74, 6) is -1.33. The van der Waals surface area contributed by atoms with Crippen LogP contribution >= 0.6 is 12.2 Å². The van der Waals surface area contributed by atoms with Gasteiger partial charge in [-0.3, -0.25) is 19.8 Å². The molecule has 0 unspecified atom stereocenters. The van der Waals surface area contributed by atoms with Gasteiger partial charge in [-0.1, -0.05) is 54.6 Å². The molecule has 0 saturated carbocycles. The molecule has 7 heteroatoms. The Balaban J connectivity index is 1.59. The van der Waals surface area contributed by atoms with Crippen LogP contribution in [0.3, 0.4) is 0 Å². The van der Waals surface area contributed by atoms with E-state index < -0.39 is 11.8 Å². The van der Waals surface area contributed by atoms with E-state index in [2.05, 4.69) is 5.32 Å². The van der Waals surface area contributed by atoms with Crippen LogP contribution in [0.2, 0.25) is 0 Å². The van der Waals surface area contributed by atoms with Crippen molar-refractivity contribution in [2.75, 3.05) is 4.90 Å². The van der Waals surface area contributed by atoms with Gasteiger partial charge in [0.05, 0.1) is 12.2 Å². The molecule has 1 aliphatic rings. The summed E-state index contributed by atoms with van der Waals surface area (Å²) in [5.41, 5.74) is 3.55. The number of halogens is 1. The Morgan fingerprint density at radius 3 is 2.47 bits per heavy atom. The van der Waals surface area contributed by atoms with E-state index in [4.69, 9.17) is 12.2 Å². The SMILES string of the molecule is Cc1ccccc1N1C(=O)/C(=C/c2cn(Cc3ccccc3F)c3ccccc23)C(=O)NC1=S. The summed E-state index contributed by atoms with van der Waals surface area (Å²) in [5, 5.41) is 3.53. The number of carbonyl (C=O) groups is 2. The molecule has 1 aromatic heterocycles. The van der Waals surface area contributed by atoms with Crippen LogP contribution in [0, 0.1) is 12.7 Å². The quantitative estimate of drug-likeness (QED) is 0.261. The topological polar surface area (TPSA) is 54.3 Å². The zero-order valence-corrected chi connectivity index (χ0v) is 19.1. The number of thiocarbonyl (C=S) groups is 1. The van der Waals surface area contributed by atoms with Crippen molar-refractivity contribution in [2.24, 2.45) is 0 Å².